The van der Waals surface area contributed by atoms with Crippen LogP contribution in [0, 0.1) is 5.92 Å². The van der Waals surface area contributed by atoms with Crippen LogP contribution in [0.25, 0.3) is 10.8 Å². The SMILES string of the molecule is c1ccc2c(OC3CN(CC4CC4)Cc4ccsc43)cccc2c1. The number of hydrogen-bond donors (Lipinski definition) is 0. The van der Waals surface area contributed by atoms with E-state index in [4.69, 9.17) is 4.74 Å². The molecule has 0 bridgehead atoms. The summed E-state index contributed by atoms with van der Waals surface area (Å²) in [5, 5.41) is 4.66. The molecule has 1 unspecified atom stereocenters. The number of fused-ring (bicyclic) bond motifs is 2. The highest BCUT2D eigenvalue weighted by Gasteiger charge is 2.32. The second kappa shape index (κ2) is 5.91. The third-order valence-corrected chi connectivity index (χ3v) is 6.17. The summed E-state index contributed by atoms with van der Waals surface area (Å²) in [7, 11) is 0. The van der Waals surface area contributed by atoms with Crippen molar-refractivity contribution in [2.24, 2.45) is 5.92 Å². The first-order valence-electron chi connectivity index (χ1n) is 8.80. The van der Waals surface area contributed by atoms with Crippen molar-refractivity contribution in [1.29, 1.82) is 0 Å². The zero-order chi connectivity index (χ0) is 15.9. The van der Waals surface area contributed by atoms with Gasteiger partial charge in [0.25, 0.3) is 0 Å². The fraction of sp³-hybridized carbons (Fsp3) is 0.333. The van der Waals surface area contributed by atoms with Crippen LogP contribution in [0.3, 0.4) is 0 Å². The molecule has 122 valence electrons. The maximum absolute atomic E-state index is 6.55. The average Bonchev–Trinajstić information content (AvgIpc) is 3.29. The van der Waals surface area contributed by atoms with Crippen LogP contribution in [-0.4, -0.2) is 18.0 Å². The molecule has 3 heteroatoms. The molecule has 1 aliphatic heterocycles. The minimum Gasteiger partial charge on any atom is -0.483 e. The van der Waals surface area contributed by atoms with Crippen molar-refractivity contribution in [3.05, 3.63) is 64.4 Å². The zero-order valence-corrected chi connectivity index (χ0v) is 14.5. The summed E-state index contributed by atoms with van der Waals surface area (Å²) in [6.07, 6.45) is 2.96. The third kappa shape index (κ3) is 2.72. The molecule has 2 aliphatic rings. The van der Waals surface area contributed by atoms with E-state index in [0.29, 0.717) is 0 Å². The molecule has 0 saturated heterocycles. The molecule has 1 aliphatic carbocycles. The van der Waals surface area contributed by atoms with Crippen LogP contribution in [0.1, 0.15) is 29.4 Å². The van der Waals surface area contributed by atoms with E-state index >= 15 is 0 Å². The summed E-state index contributed by atoms with van der Waals surface area (Å²) in [5.74, 6) is 1.93. The summed E-state index contributed by atoms with van der Waals surface area (Å²) >= 11 is 1.84. The summed E-state index contributed by atoms with van der Waals surface area (Å²) < 4.78 is 6.55. The van der Waals surface area contributed by atoms with Crippen LogP contribution in [0.15, 0.2) is 53.9 Å². The molecule has 1 aromatic heterocycles. The molecular formula is C21H21NOS. The molecule has 1 atom stereocenters. The Labute approximate surface area is 146 Å². The van der Waals surface area contributed by atoms with E-state index in [1.54, 1.807) is 0 Å². The monoisotopic (exact) mass is 335 g/mol. The fourth-order valence-corrected chi connectivity index (χ4v) is 4.67. The van der Waals surface area contributed by atoms with Crippen LogP contribution in [-0.2, 0) is 6.54 Å². The zero-order valence-electron chi connectivity index (χ0n) is 13.7. The van der Waals surface area contributed by atoms with E-state index in [2.05, 4.69) is 58.8 Å². The van der Waals surface area contributed by atoms with E-state index in [1.807, 2.05) is 11.3 Å². The van der Waals surface area contributed by atoms with Gasteiger partial charge in [-0.1, -0.05) is 36.4 Å². The van der Waals surface area contributed by atoms with Gasteiger partial charge in [-0.3, -0.25) is 4.90 Å². The number of nitrogens with zero attached hydrogens (tertiary/aromatic N) is 1. The van der Waals surface area contributed by atoms with Crippen LogP contribution < -0.4 is 4.74 Å². The molecule has 0 radical (unpaired) electrons. The average molecular weight is 335 g/mol. The van der Waals surface area contributed by atoms with Crippen molar-refractivity contribution in [2.45, 2.75) is 25.5 Å². The van der Waals surface area contributed by atoms with Crippen molar-refractivity contribution in [3.63, 3.8) is 0 Å². The first-order valence-corrected chi connectivity index (χ1v) is 9.68. The Bertz CT molecular complexity index is 862. The number of benzene rings is 2. The van der Waals surface area contributed by atoms with Crippen molar-refractivity contribution in [1.82, 2.24) is 4.90 Å². The highest BCUT2D eigenvalue weighted by molar-refractivity contribution is 7.10. The minimum atomic E-state index is 0.151. The highest BCUT2D eigenvalue weighted by Crippen LogP contribution is 2.38. The molecular weight excluding hydrogens is 314 g/mol. The lowest BCUT2D eigenvalue weighted by Crippen LogP contribution is -2.36. The Kier molecular flexibility index (Phi) is 3.57. The van der Waals surface area contributed by atoms with Crippen molar-refractivity contribution in [3.8, 4) is 5.75 Å². The normalized spacial score (nSPS) is 20.9. The van der Waals surface area contributed by atoms with Crippen LogP contribution in [0.5, 0.6) is 5.75 Å². The summed E-state index contributed by atoms with van der Waals surface area (Å²) in [6.45, 7) is 3.32. The molecule has 0 amide bonds. The van der Waals surface area contributed by atoms with Crippen LogP contribution >= 0.6 is 11.3 Å². The van der Waals surface area contributed by atoms with Crippen molar-refractivity contribution < 1.29 is 4.74 Å². The van der Waals surface area contributed by atoms with Gasteiger partial charge in [-0.15, -0.1) is 11.3 Å². The topological polar surface area (TPSA) is 12.5 Å². The molecule has 2 heterocycles. The maximum atomic E-state index is 6.55. The molecule has 24 heavy (non-hydrogen) atoms. The highest BCUT2D eigenvalue weighted by atomic mass is 32.1. The predicted octanol–water partition coefficient (Wildman–Crippen LogP) is 5.25. The Balaban J connectivity index is 1.46. The predicted molar refractivity (Wildman–Crippen MR) is 99.6 cm³/mol. The van der Waals surface area contributed by atoms with Gasteiger partial charge < -0.3 is 4.74 Å². The van der Waals surface area contributed by atoms with Gasteiger partial charge in [0.1, 0.15) is 11.9 Å². The lowest BCUT2D eigenvalue weighted by atomic mass is 10.1. The van der Waals surface area contributed by atoms with Gasteiger partial charge in [0.05, 0.1) is 4.88 Å². The smallest absolute Gasteiger partial charge is 0.146 e. The van der Waals surface area contributed by atoms with Gasteiger partial charge >= 0.3 is 0 Å². The Morgan fingerprint density at radius 1 is 1.04 bits per heavy atom. The van der Waals surface area contributed by atoms with Crippen molar-refractivity contribution in [2.75, 3.05) is 13.1 Å². The largest absolute Gasteiger partial charge is 0.483 e. The fourth-order valence-electron chi connectivity index (χ4n) is 3.73. The summed E-state index contributed by atoms with van der Waals surface area (Å²) in [5.41, 5.74) is 1.46. The molecule has 1 fully saturated rings. The van der Waals surface area contributed by atoms with Crippen LogP contribution in [0.4, 0.5) is 0 Å². The maximum Gasteiger partial charge on any atom is 0.146 e. The summed E-state index contributed by atoms with van der Waals surface area (Å²) in [6, 6.07) is 17.1. The van der Waals surface area contributed by atoms with Gasteiger partial charge in [0.15, 0.2) is 0 Å². The van der Waals surface area contributed by atoms with Gasteiger partial charge in [-0.2, -0.15) is 0 Å². The van der Waals surface area contributed by atoms with Crippen molar-refractivity contribution >= 4 is 22.1 Å². The summed E-state index contributed by atoms with van der Waals surface area (Å²) in [4.78, 5) is 4.00. The molecule has 3 aromatic rings. The first kappa shape index (κ1) is 14.5. The Hall–Kier alpha value is -1.84. The lowest BCUT2D eigenvalue weighted by molar-refractivity contribution is 0.113. The molecule has 2 nitrogen and oxygen atoms in total. The molecule has 1 saturated carbocycles. The number of ether oxygens (including phenoxy) is 1. The van der Waals surface area contributed by atoms with Gasteiger partial charge in [-0.05, 0) is 47.2 Å². The Morgan fingerprint density at radius 2 is 1.92 bits per heavy atom. The lowest BCUT2D eigenvalue weighted by Gasteiger charge is -2.33. The molecule has 0 N–H and O–H groups in total. The minimum absolute atomic E-state index is 0.151. The Morgan fingerprint density at radius 3 is 2.83 bits per heavy atom. The molecule has 0 spiro atoms. The number of rotatable bonds is 4. The number of hydrogen-bond acceptors (Lipinski definition) is 3. The molecule has 5 rings (SSSR count). The second-order valence-corrected chi connectivity index (χ2v) is 7.98. The van der Waals surface area contributed by atoms with E-state index in [1.165, 1.54) is 40.6 Å². The van der Waals surface area contributed by atoms with E-state index in [-0.39, 0.29) is 6.10 Å². The standard InChI is InChI=1S/C21H21NOS/c1-2-6-18-16(4-1)5-3-7-19(18)23-20-14-22(12-15-8-9-15)13-17-10-11-24-21(17)20/h1-7,10-11,15,20H,8-9,12-14H2. The van der Waals surface area contributed by atoms with Crippen LogP contribution in [0.2, 0.25) is 0 Å². The molecule has 2 aromatic carbocycles. The van der Waals surface area contributed by atoms with Gasteiger partial charge in [-0.25, -0.2) is 0 Å². The van der Waals surface area contributed by atoms with Gasteiger partial charge in [0.2, 0.25) is 0 Å². The quantitative estimate of drug-likeness (QED) is 0.646. The van der Waals surface area contributed by atoms with E-state index in [9.17, 15) is 0 Å². The van der Waals surface area contributed by atoms with Gasteiger partial charge in [0, 0.05) is 25.0 Å². The third-order valence-electron chi connectivity index (χ3n) is 5.12. The first-order chi connectivity index (χ1) is 11.9. The van der Waals surface area contributed by atoms with E-state index in [0.717, 1.165) is 24.8 Å². The number of thiophene rings is 1. The van der Waals surface area contributed by atoms with E-state index < -0.39 is 0 Å². The second-order valence-electron chi connectivity index (χ2n) is 7.03.